The highest BCUT2D eigenvalue weighted by Gasteiger charge is 2.24. The molecule has 0 spiro atoms. The topological polar surface area (TPSA) is 15.7 Å². The van der Waals surface area contributed by atoms with Crippen LogP contribution in [0.2, 0.25) is 5.02 Å². The Morgan fingerprint density at radius 2 is 1.57 bits per heavy atom. The molecule has 35 heavy (non-hydrogen) atoms. The predicted octanol–water partition coefficient (Wildman–Crippen LogP) is 6.92. The van der Waals surface area contributed by atoms with Crippen LogP contribution in [0.15, 0.2) is 60.7 Å². The molecule has 5 rings (SSSR count). The van der Waals surface area contributed by atoms with Gasteiger partial charge in [0.05, 0.1) is 7.11 Å². The van der Waals surface area contributed by atoms with Gasteiger partial charge in [-0.15, -0.1) is 0 Å². The van der Waals surface area contributed by atoms with Crippen molar-refractivity contribution in [2.75, 3.05) is 38.2 Å². The molecule has 3 aromatic rings. The highest BCUT2D eigenvalue weighted by Crippen LogP contribution is 2.43. The first-order chi connectivity index (χ1) is 16.9. The lowest BCUT2D eigenvalue weighted by Gasteiger charge is -2.38. The van der Waals surface area contributed by atoms with Crippen molar-refractivity contribution >= 4 is 28.4 Å². The highest BCUT2D eigenvalue weighted by molar-refractivity contribution is 6.30. The molecule has 0 unspecified atom stereocenters. The summed E-state index contributed by atoms with van der Waals surface area (Å²) in [4.78, 5) is 4.98. The SMILES string of the molecule is COc1ccc2c(c1)CCC(c1ccc(Cl)cc1F)=C2c1ccc(N2CCN(C(C)C)CC2)cc1. The van der Waals surface area contributed by atoms with Gasteiger partial charge in [-0.05, 0) is 90.9 Å². The number of piperazine rings is 1. The molecule has 3 aromatic carbocycles. The van der Waals surface area contributed by atoms with E-state index in [1.54, 1.807) is 13.2 Å². The number of aryl methyl sites for hydroxylation is 1. The Morgan fingerprint density at radius 3 is 2.23 bits per heavy atom. The van der Waals surface area contributed by atoms with Crippen LogP contribution >= 0.6 is 11.6 Å². The average Bonchev–Trinajstić information content (AvgIpc) is 2.88. The highest BCUT2D eigenvalue weighted by atomic mass is 35.5. The third-order valence-electron chi connectivity index (χ3n) is 7.35. The van der Waals surface area contributed by atoms with Gasteiger partial charge in [0.25, 0.3) is 0 Å². The smallest absolute Gasteiger partial charge is 0.132 e. The van der Waals surface area contributed by atoms with E-state index in [2.05, 4.69) is 60.0 Å². The molecule has 5 heteroatoms. The quantitative estimate of drug-likeness (QED) is 0.386. The van der Waals surface area contributed by atoms with E-state index in [9.17, 15) is 0 Å². The third kappa shape index (κ3) is 4.82. The summed E-state index contributed by atoms with van der Waals surface area (Å²) in [7, 11) is 1.69. The number of anilines is 1. The number of hydrogen-bond acceptors (Lipinski definition) is 3. The summed E-state index contributed by atoms with van der Waals surface area (Å²) in [6.07, 6.45) is 1.60. The van der Waals surface area contributed by atoms with Crippen molar-refractivity contribution in [2.24, 2.45) is 0 Å². The third-order valence-corrected chi connectivity index (χ3v) is 7.58. The number of allylic oxidation sites excluding steroid dienone is 1. The van der Waals surface area contributed by atoms with E-state index in [4.69, 9.17) is 16.3 Å². The molecule has 0 atom stereocenters. The number of rotatable bonds is 5. The minimum absolute atomic E-state index is 0.276. The van der Waals surface area contributed by atoms with Crippen molar-refractivity contribution in [3.8, 4) is 5.75 Å². The van der Waals surface area contributed by atoms with Crippen LogP contribution in [0.5, 0.6) is 5.75 Å². The molecule has 182 valence electrons. The first-order valence-corrected chi connectivity index (χ1v) is 12.8. The zero-order chi connectivity index (χ0) is 24.5. The number of benzene rings is 3. The first kappa shape index (κ1) is 23.9. The maximum Gasteiger partial charge on any atom is 0.132 e. The summed E-state index contributed by atoms with van der Waals surface area (Å²) in [5.74, 6) is 0.571. The number of fused-ring (bicyclic) bond motifs is 1. The number of hydrogen-bond donors (Lipinski definition) is 0. The zero-order valence-corrected chi connectivity index (χ0v) is 21.4. The van der Waals surface area contributed by atoms with Crippen LogP contribution in [0, 0.1) is 5.82 Å². The maximum absolute atomic E-state index is 15.1. The van der Waals surface area contributed by atoms with E-state index in [0.29, 0.717) is 16.6 Å². The van der Waals surface area contributed by atoms with Gasteiger partial charge in [0.2, 0.25) is 0 Å². The fraction of sp³-hybridized carbons (Fsp3) is 0.333. The zero-order valence-electron chi connectivity index (χ0n) is 20.7. The Kier molecular flexibility index (Phi) is 6.86. The minimum atomic E-state index is -0.276. The molecular formula is C30H32ClFN2O. The van der Waals surface area contributed by atoms with E-state index < -0.39 is 0 Å². The number of halogens is 2. The van der Waals surface area contributed by atoms with Gasteiger partial charge < -0.3 is 9.64 Å². The van der Waals surface area contributed by atoms with Crippen LogP contribution < -0.4 is 9.64 Å². The van der Waals surface area contributed by atoms with Gasteiger partial charge in [-0.2, -0.15) is 0 Å². The van der Waals surface area contributed by atoms with Gasteiger partial charge in [-0.3, -0.25) is 4.90 Å². The van der Waals surface area contributed by atoms with Crippen molar-refractivity contribution in [1.82, 2.24) is 4.90 Å². The molecule has 0 amide bonds. The molecule has 1 aliphatic carbocycles. The largest absolute Gasteiger partial charge is 0.497 e. The summed E-state index contributed by atoms with van der Waals surface area (Å²) in [5.41, 5.74) is 7.44. The molecule has 1 saturated heterocycles. The fourth-order valence-corrected chi connectivity index (χ4v) is 5.52. The van der Waals surface area contributed by atoms with Crippen LogP contribution in [-0.2, 0) is 6.42 Å². The van der Waals surface area contributed by atoms with Crippen molar-refractivity contribution in [3.05, 3.63) is 93.8 Å². The minimum Gasteiger partial charge on any atom is -0.497 e. The maximum atomic E-state index is 15.1. The molecule has 0 bridgehead atoms. The van der Waals surface area contributed by atoms with Crippen molar-refractivity contribution in [1.29, 1.82) is 0 Å². The number of methoxy groups -OCH3 is 1. The van der Waals surface area contributed by atoms with E-state index in [0.717, 1.165) is 67.0 Å². The predicted molar refractivity (Wildman–Crippen MR) is 144 cm³/mol. The van der Waals surface area contributed by atoms with Crippen molar-refractivity contribution in [2.45, 2.75) is 32.7 Å². The molecule has 1 aliphatic heterocycles. The summed E-state index contributed by atoms with van der Waals surface area (Å²) in [6, 6.07) is 20.6. The monoisotopic (exact) mass is 490 g/mol. The lowest BCUT2D eigenvalue weighted by atomic mass is 9.79. The van der Waals surface area contributed by atoms with Crippen LogP contribution in [0.3, 0.4) is 0 Å². The van der Waals surface area contributed by atoms with Crippen LogP contribution in [0.25, 0.3) is 11.1 Å². The summed E-state index contributed by atoms with van der Waals surface area (Å²) in [6.45, 7) is 8.75. The molecule has 1 heterocycles. The van der Waals surface area contributed by atoms with Gasteiger partial charge >= 0.3 is 0 Å². The second kappa shape index (κ2) is 10.0. The Balaban J connectivity index is 1.54. The molecule has 0 saturated carbocycles. The van der Waals surface area contributed by atoms with Gasteiger partial charge in [-0.25, -0.2) is 4.39 Å². The Bertz CT molecular complexity index is 1240. The van der Waals surface area contributed by atoms with E-state index >= 15 is 4.39 Å². The number of nitrogens with zero attached hydrogens (tertiary/aromatic N) is 2. The molecule has 0 N–H and O–H groups in total. The van der Waals surface area contributed by atoms with Gasteiger partial charge in [0, 0.05) is 48.5 Å². The second-order valence-corrected chi connectivity index (χ2v) is 10.1. The standard InChI is InChI=1S/C30H32ClFN2O/c1-20(2)33-14-16-34(17-15-33)24-8-4-21(5-9-24)30-26-13-10-25(35-3)18-22(26)6-11-28(30)27-12-7-23(31)19-29(27)32/h4-5,7-10,12-13,18-20H,6,11,14-17H2,1-3H3. The fourth-order valence-electron chi connectivity index (χ4n) is 5.36. The normalized spacial score (nSPS) is 16.6. The lowest BCUT2D eigenvalue weighted by molar-refractivity contribution is 0.209. The second-order valence-electron chi connectivity index (χ2n) is 9.66. The van der Waals surface area contributed by atoms with E-state index in [1.807, 2.05) is 12.1 Å². The average molecular weight is 491 g/mol. The Morgan fingerprint density at radius 1 is 0.857 bits per heavy atom. The first-order valence-electron chi connectivity index (χ1n) is 12.4. The summed E-state index contributed by atoms with van der Waals surface area (Å²) >= 11 is 6.06. The Hall–Kier alpha value is -2.82. The molecule has 2 aliphatic rings. The van der Waals surface area contributed by atoms with Gasteiger partial charge in [-0.1, -0.05) is 35.9 Å². The molecule has 0 aromatic heterocycles. The van der Waals surface area contributed by atoms with E-state index in [1.165, 1.54) is 17.3 Å². The van der Waals surface area contributed by atoms with Crippen LogP contribution in [0.4, 0.5) is 10.1 Å². The summed E-state index contributed by atoms with van der Waals surface area (Å²) in [5, 5.41) is 0.413. The van der Waals surface area contributed by atoms with E-state index in [-0.39, 0.29) is 5.82 Å². The van der Waals surface area contributed by atoms with Gasteiger partial charge in [0.15, 0.2) is 0 Å². The molecule has 1 fully saturated rings. The Labute approximate surface area is 212 Å². The molecular weight excluding hydrogens is 459 g/mol. The molecule has 3 nitrogen and oxygen atoms in total. The van der Waals surface area contributed by atoms with Crippen LogP contribution in [0.1, 0.15) is 42.5 Å². The lowest BCUT2D eigenvalue weighted by Crippen LogP contribution is -2.48. The molecule has 0 radical (unpaired) electrons. The number of ether oxygens (including phenoxy) is 1. The van der Waals surface area contributed by atoms with Gasteiger partial charge in [0.1, 0.15) is 11.6 Å². The summed E-state index contributed by atoms with van der Waals surface area (Å²) < 4.78 is 20.5. The van der Waals surface area contributed by atoms with Crippen molar-refractivity contribution < 1.29 is 9.13 Å². The van der Waals surface area contributed by atoms with Crippen molar-refractivity contribution in [3.63, 3.8) is 0 Å². The van der Waals surface area contributed by atoms with Crippen LogP contribution in [-0.4, -0.2) is 44.2 Å².